The Morgan fingerprint density at radius 2 is 2.44 bits per heavy atom. The molecule has 96 valence electrons. The molecule has 0 saturated carbocycles. The molecule has 0 aliphatic heterocycles. The number of terminal acetylenes is 1. The zero-order chi connectivity index (χ0) is 13.4. The first-order valence-corrected chi connectivity index (χ1v) is 5.50. The van der Waals surface area contributed by atoms with Gasteiger partial charge in [-0.2, -0.15) is 4.98 Å². The number of anilines is 1. The Morgan fingerprint density at radius 3 is 3.06 bits per heavy atom. The number of ether oxygens (including phenoxy) is 1. The summed E-state index contributed by atoms with van der Waals surface area (Å²) < 4.78 is 5.18. The van der Waals surface area contributed by atoms with Gasteiger partial charge >= 0.3 is 5.69 Å². The molecule has 0 saturated heterocycles. The van der Waals surface area contributed by atoms with E-state index < -0.39 is 4.92 Å². The molecule has 7 heteroatoms. The van der Waals surface area contributed by atoms with Crippen LogP contribution in [0.2, 0.25) is 0 Å². The molecular formula is C11H14N4O3. The van der Waals surface area contributed by atoms with Crippen molar-refractivity contribution in [3.8, 4) is 18.2 Å². The van der Waals surface area contributed by atoms with Gasteiger partial charge in [-0.3, -0.25) is 10.1 Å². The number of hydrogen-bond donors (Lipinski definition) is 1. The van der Waals surface area contributed by atoms with E-state index in [2.05, 4.69) is 21.2 Å². The third-order valence-electron chi connectivity index (χ3n) is 1.95. The molecule has 0 radical (unpaired) electrons. The minimum atomic E-state index is -0.588. The Bertz CT molecular complexity index is 456. The van der Waals surface area contributed by atoms with Crippen LogP contribution in [0, 0.1) is 22.5 Å². The van der Waals surface area contributed by atoms with Gasteiger partial charge in [0.15, 0.2) is 0 Å². The van der Waals surface area contributed by atoms with Crippen LogP contribution in [0.5, 0.6) is 5.88 Å². The summed E-state index contributed by atoms with van der Waals surface area (Å²) in [6, 6.07) is 0. The molecule has 0 spiro atoms. The van der Waals surface area contributed by atoms with Crippen molar-refractivity contribution in [1.29, 1.82) is 0 Å². The smallest absolute Gasteiger partial charge is 0.349 e. The summed E-state index contributed by atoms with van der Waals surface area (Å²) in [5, 5.41) is 13.7. The number of hydrogen-bond acceptors (Lipinski definition) is 6. The summed E-state index contributed by atoms with van der Waals surface area (Å²) in [7, 11) is 0. The maximum atomic E-state index is 10.8. The van der Waals surface area contributed by atoms with E-state index >= 15 is 0 Å². The van der Waals surface area contributed by atoms with E-state index in [0.717, 1.165) is 12.6 Å². The highest BCUT2D eigenvalue weighted by molar-refractivity contribution is 5.43. The number of nitro groups is 1. The zero-order valence-electron chi connectivity index (χ0n) is 10.0. The standard InChI is InChI=1S/C11H14N4O3/c1-3-5-7-18-10-9(15(16)17)8-13-11(14-10)12-6-4-2/h1,8H,4-7H2,2H3,(H,12,13,14). The normalized spacial score (nSPS) is 9.56. The van der Waals surface area contributed by atoms with Gasteiger partial charge in [-0.15, -0.1) is 12.3 Å². The molecule has 7 nitrogen and oxygen atoms in total. The van der Waals surface area contributed by atoms with Crippen molar-refractivity contribution < 1.29 is 9.66 Å². The number of aromatic nitrogens is 2. The van der Waals surface area contributed by atoms with Gasteiger partial charge in [-0.1, -0.05) is 6.92 Å². The van der Waals surface area contributed by atoms with Gasteiger partial charge in [0.05, 0.1) is 4.92 Å². The predicted octanol–water partition coefficient (Wildman–Crippen LogP) is 1.61. The third kappa shape index (κ3) is 3.90. The Labute approximate surface area is 105 Å². The van der Waals surface area contributed by atoms with Crippen LogP contribution < -0.4 is 10.1 Å². The molecule has 0 aromatic carbocycles. The van der Waals surface area contributed by atoms with E-state index in [1.165, 1.54) is 0 Å². The van der Waals surface area contributed by atoms with Crippen molar-refractivity contribution in [3.63, 3.8) is 0 Å². The second kappa shape index (κ2) is 7.06. The summed E-state index contributed by atoms with van der Waals surface area (Å²) >= 11 is 0. The first-order chi connectivity index (χ1) is 8.69. The average molecular weight is 250 g/mol. The highest BCUT2D eigenvalue weighted by Crippen LogP contribution is 2.24. The lowest BCUT2D eigenvalue weighted by atomic mass is 10.4. The fourth-order valence-electron chi connectivity index (χ4n) is 1.12. The lowest BCUT2D eigenvalue weighted by Crippen LogP contribution is -2.08. The predicted molar refractivity (Wildman–Crippen MR) is 66.4 cm³/mol. The minimum absolute atomic E-state index is 0.0659. The molecule has 18 heavy (non-hydrogen) atoms. The Kier molecular flexibility index (Phi) is 5.38. The molecule has 1 N–H and O–H groups in total. The molecule has 1 aromatic heterocycles. The lowest BCUT2D eigenvalue weighted by Gasteiger charge is -2.06. The molecule has 0 fully saturated rings. The minimum Gasteiger partial charge on any atom is -0.472 e. The highest BCUT2D eigenvalue weighted by Gasteiger charge is 2.18. The topological polar surface area (TPSA) is 90.2 Å². The summed E-state index contributed by atoms with van der Waals surface area (Å²) in [4.78, 5) is 18.0. The number of rotatable bonds is 7. The second-order valence-electron chi connectivity index (χ2n) is 3.37. The first kappa shape index (κ1) is 13.7. The fraction of sp³-hybridized carbons (Fsp3) is 0.455. The van der Waals surface area contributed by atoms with Crippen LogP contribution >= 0.6 is 0 Å². The van der Waals surface area contributed by atoms with E-state index in [4.69, 9.17) is 11.2 Å². The van der Waals surface area contributed by atoms with Crippen molar-refractivity contribution in [2.75, 3.05) is 18.5 Å². The summed E-state index contributed by atoms with van der Waals surface area (Å²) in [5.41, 5.74) is -0.269. The zero-order valence-corrected chi connectivity index (χ0v) is 10.0. The van der Waals surface area contributed by atoms with Crippen LogP contribution in [0.1, 0.15) is 19.8 Å². The molecule has 1 aromatic rings. The van der Waals surface area contributed by atoms with Crippen LogP contribution in [-0.2, 0) is 0 Å². The fourth-order valence-corrected chi connectivity index (χ4v) is 1.12. The summed E-state index contributed by atoms with van der Waals surface area (Å²) in [5.74, 6) is 2.62. The van der Waals surface area contributed by atoms with Crippen LogP contribution in [0.15, 0.2) is 6.20 Å². The second-order valence-corrected chi connectivity index (χ2v) is 3.37. The molecule has 0 amide bonds. The van der Waals surface area contributed by atoms with Gasteiger partial charge in [-0.25, -0.2) is 4.98 Å². The molecule has 0 atom stereocenters. The Hall–Kier alpha value is -2.36. The van der Waals surface area contributed by atoms with Crippen LogP contribution in [0.3, 0.4) is 0 Å². The average Bonchev–Trinajstić information content (AvgIpc) is 2.36. The SMILES string of the molecule is C#CCCOc1nc(NCCC)ncc1[N+](=O)[O-]. The summed E-state index contributed by atoms with van der Waals surface area (Å²) in [6.45, 7) is 2.85. The van der Waals surface area contributed by atoms with Crippen LogP contribution in [0.25, 0.3) is 0 Å². The van der Waals surface area contributed by atoms with Crippen molar-refractivity contribution in [1.82, 2.24) is 9.97 Å². The molecule has 1 rings (SSSR count). The molecule has 1 heterocycles. The highest BCUT2D eigenvalue weighted by atomic mass is 16.6. The summed E-state index contributed by atoms with van der Waals surface area (Å²) in [6.07, 6.45) is 7.45. The van der Waals surface area contributed by atoms with E-state index in [1.54, 1.807) is 0 Å². The van der Waals surface area contributed by atoms with Crippen molar-refractivity contribution in [2.45, 2.75) is 19.8 Å². The van der Waals surface area contributed by atoms with Gasteiger partial charge in [0.1, 0.15) is 12.8 Å². The Balaban J connectivity index is 2.86. The van der Waals surface area contributed by atoms with Crippen molar-refractivity contribution in [2.24, 2.45) is 0 Å². The van der Waals surface area contributed by atoms with Gasteiger partial charge in [0.25, 0.3) is 5.88 Å². The van der Waals surface area contributed by atoms with Gasteiger partial charge in [0.2, 0.25) is 5.95 Å². The van der Waals surface area contributed by atoms with E-state index in [0.29, 0.717) is 18.9 Å². The number of nitrogens with zero attached hydrogens (tertiary/aromatic N) is 3. The van der Waals surface area contributed by atoms with Crippen LogP contribution in [-0.4, -0.2) is 28.0 Å². The molecule has 0 aliphatic rings. The van der Waals surface area contributed by atoms with E-state index in [-0.39, 0.29) is 18.2 Å². The van der Waals surface area contributed by atoms with Gasteiger partial charge in [-0.05, 0) is 6.42 Å². The number of nitrogens with one attached hydrogen (secondary N) is 1. The van der Waals surface area contributed by atoms with E-state index in [9.17, 15) is 10.1 Å². The first-order valence-electron chi connectivity index (χ1n) is 5.50. The third-order valence-corrected chi connectivity index (χ3v) is 1.95. The van der Waals surface area contributed by atoms with Crippen LogP contribution in [0.4, 0.5) is 11.6 Å². The quantitative estimate of drug-likeness (QED) is 0.342. The van der Waals surface area contributed by atoms with Gasteiger partial charge < -0.3 is 10.1 Å². The largest absolute Gasteiger partial charge is 0.472 e. The molecule has 0 bridgehead atoms. The maximum Gasteiger partial charge on any atom is 0.349 e. The Morgan fingerprint density at radius 1 is 1.67 bits per heavy atom. The van der Waals surface area contributed by atoms with Crippen molar-refractivity contribution >= 4 is 11.6 Å². The maximum absolute atomic E-state index is 10.8. The molecule has 0 aliphatic carbocycles. The monoisotopic (exact) mass is 250 g/mol. The van der Waals surface area contributed by atoms with Gasteiger partial charge in [0, 0.05) is 13.0 Å². The molecule has 0 unspecified atom stereocenters. The van der Waals surface area contributed by atoms with Crippen molar-refractivity contribution in [3.05, 3.63) is 16.3 Å². The van der Waals surface area contributed by atoms with E-state index in [1.807, 2.05) is 6.92 Å². The lowest BCUT2D eigenvalue weighted by molar-refractivity contribution is -0.386. The molecular weight excluding hydrogens is 236 g/mol.